The molecular weight excluding hydrogens is 388 g/mol. The van der Waals surface area contributed by atoms with Gasteiger partial charge in [-0.3, -0.25) is 13.9 Å². The van der Waals surface area contributed by atoms with Crippen molar-refractivity contribution in [2.45, 2.75) is 44.2 Å². The largest absolute Gasteiger partial charge is 0.294 e. The van der Waals surface area contributed by atoms with Gasteiger partial charge in [-0.05, 0) is 24.0 Å². The zero-order valence-corrected chi connectivity index (χ0v) is 17.5. The Labute approximate surface area is 173 Å². The predicted molar refractivity (Wildman–Crippen MR) is 111 cm³/mol. The van der Waals surface area contributed by atoms with Gasteiger partial charge in [-0.15, -0.1) is 0 Å². The summed E-state index contributed by atoms with van der Waals surface area (Å²) in [6.45, 7) is 2.97. The van der Waals surface area contributed by atoms with E-state index < -0.39 is 10.1 Å². The SMILES string of the molecule is CS(=O)(=O)O[C@@H]1C[C@@H]([C@@H]2CCN(Cc3ccccc3)O2)N(Cc2ccccc2)C1. The van der Waals surface area contributed by atoms with Crippen molar-refractivity contribution in [3.05, 3.63) is 71.8 Å². The van der Waals surface area contributed by atoms with Crippen LogP contribution in [0.2, 0.25) is 0 Å². The molecule has 2 aromatic carbocycles. The van der Waals surface area contributed by atoms with E-state index in [1.807, 2.05) is 41.5 Å². The van der Waals surface area contributed by atoms with Crippen LogP contribution in [-0.2, 0) is 32.2 Å². The lowest BCUT2D eigenvalue weighted by Crippen LogP contribution is -2.39. The highest BCUT2D eigenvalue weighted by molar-refractivity contribution is 7.86. The van der Waals surface area contributed by atoms with E-state index in [4.69, 9.17) is 9.02 Å². The Morgan fingerprint density at radius 2 is 1.62 bits per heavy atom. The summed E-state index contributed by atoms with van der Waals surface area (Å²) >= 11 is 0. The molecule has 2 saturated heterocycles. The average Bonchev–Trinajstić information content (AvgIpc) is 3.29. The molecule has 7 heteroatoms. The number of hydrogen-bond acceptors (Lipinski definition) is 6. The zero-order valence-electron chi connectivity index (χ0n) is 16.7. The Morgan fingerprint density at radius 3 is 2.24 bits per heavy atom. The molecule has 0 aliphatic carbocycles. The van der Waals surface area contributed by atoms with Crippen LogP contribution in [0.3, 0.4) is 0 Å². The molecular formula is C22H28N2O4S. The topological polar surface area (TPSA) is 59.1 Å². The van der Waals surface area contributed by atoms with E-state index in [2.05, 4.69) is 29.2 Å². The van der Waals surface area contributed by atoms with Crippen molar-refractivity contribution < 1.29 is 17.4 Å². The lowest BCUT2D eigenvalue weighted by Gasteiger charge is -2.28. The Bertz CT molecular complexity index is 892. The number of hydrogen-bond donors (Lipinski definition) is 0. The summed E-state index contributed by atoms with van der Waals surface area (Å²) in [5.41, 5.74) is 2.43. The average molecular weight is 417 g/mol. The van der Waals surface area contributed by atoms with Crippen LogP contribution < -0.4 is 0 Å². The zero-order chi connectivity index (χ0) is 20.3. The van der Waals surface area contributed by atoms with Crippen LogP contribution in [0.1, 0.15) is 24.0 Å². The maximum Gasteiger partial charge on any atom is 0.264 e. The molecule has 6 nitrogen and oxygen atoms in total. The Balaban J connectivity index is 1.44. The molecule has 2 heterocycles. The molecule has 156 valence electrons. The monoisotopic (exact) mass is 416 g/mol. The van der Waals surface area contributed by atoms with Crippen molar-refractivity contribution >= 4 is 10.1 Å². The van der Waals surface area contributed by atoms with E-state index in [9.17, 15) is 8.42 Å². The van der Waals surface area contributed by atoms with Crippen molar-refractivity contribution in [3.8, 4) is 0 Å². The van der Waals surface area contributed by atoms with Crippen molar-refractivity contribution in [3.63, 3.8) is 0 Å². The lowest BCUT2D eigenvalue weighted by molar-refractivity contribution is -0.167. The number of nitrogens with zero attached hydrogens (tertiary/aromatic N) is 2. The fraction of sp³-hybridized carbons (Fsp3) is 0.455. The van der Waals surface area contributed by atoms with Crippen LogP contribution in [0.4, 0.5) is 0 Å². The minimum Gasteiger partial charge on any atom is -0.294 e. The third-order valence-electron chi connectivity index (χ3n) is 5.53. The summed E-state index contributed by atoms with van der Waals surface area (Å²) in [4.78, 5) is 8.59. The molecule has 4 rings (SSSR count). The highest BCUT2D eigenvalue weighted by atomic mass is 32.2. The minimum atomic E-state index is -3.48. The first-order chi connectivity index (χ1) is 14.0. The molecule has 2 aliphatic rings. The summed E-state index contributed by atoms with van der Waals surface area (Å²) in [5, 5.41) is 2.02. The highest BCUT2D eigenvalue weighted by Crippen LogP contribution is 2.31. The van der Waals surface area contributed by atoms with Crippen molar-refractivity contribution in [1.29, 1.82) is 0 Å². The molecule has 0 saturated carbocycles. The normalized spacial score (nSPS) is 26.2. The van der Waals surface area contributed by atoms with Crippen LogP contribution in [0.15, 0.2) is 60.7 Å². The Kier molecular flexibility index (Phi) is 6.32. The van der Waals surface area contributed by atoms with E-state index >= 15 is 0 Å². The van der Waals surface area contributed by atoms with Gasteiger partial charge in [-0.1, -0.05) is 60.7 Å². The minimum absolute atomic E-state index is 0.0376. The number of benzene rings is 2. The van der Waals surface area contributed by atoms with E-state index in [1.54, 1.807) is 0 Å². The van der Waals surface area contributed by atoms with Crippen molar-refractivity contribution in [2.75, 3.05) is 19.3 Å². The van der Waals surface area contributed by atoms with Gasteiger partial charge in [-0.2, -0.15) is 13.5 Å². The summed E-state index contributed by atoms with van der Waals surface area (Å²) in [6, 6.07) is 20.7. The molecule has 2 fully saturated rings. The molecule has 3 atom stereocenters. The Morgan fingerprint density at radius 1 is 1.00 bits per heavy atom. The van der Waals surface area contributed by atoms with Gasteiger partial charge in [0.1, 0.15) is 0 Å². The molecule has 0 spiro atoms. The smallest absolute Gasteiger partial charge is 0.264 e. The third kappa shape index (κ3) is 5.65. The van der Waals surface area contributed by atoms with Gasteiger partial charge in [0.15, 0.2) is 0 Å². The van der Waals surface area contributed by atoms with E-state index in [0.29, 0.717) is 13.0 Å². The molecule has 29 heavy (non-hydrogen) atoms. The second kappa shape index (κ2) is 8.93. The van der Waals surface area contributed by atoms with Crippen LogP contribution >= 0.6 is 0 Å². The number of rotatable bonds is 7. The van der Waals surface area contributed by atoms with Gasteiger partial charge in [0.05, 0.1) is 18.5 Å². The Hall–Kier alpha value is -1.77. The lowest BCUT2D eigenvalue weighted by atomic mass is 10.0. The van der Waals surface area contributed by atoms with E-state index in [0.717, 1.165) is 32.3 Å². The molecule has 0 aromatic heterocycles. The molecule has 0 unspecified atom stereocenters. The van der Waals surface area contributed by atoms with Gasteiger partial charge in [0, 0.05) is 32.2 Å². The predicted octanol–water partition coefficient (Wildman–Crippen LogP) is 2.81. The molecule has 2 aliphatic heterocycles. The van der Waals surface area contributed by atoms with E-state index in [-0.39, 0.29) is 18.2 Å². The summed E-state index contributed by atoms with van der Waals surface area (Å²) in [5.74, 6) is 0. The van der Waals surface area contributed by atoms with Gasteiger partial charge in [-0.25, -0.2) is 0 Å². The molecule has 0 N–H and O–H groups in total. The standard InChI is InChI=1S/C22H28N2O4S/c1-29(25,26)28-20-14-21(23(17-20)15-18-8-4-2-5-9-18)22-12-13-24(27-22)16-19-10-6-3-7-11-19/h2-11,20-22H,12-17H2,1H3/t20-,21+,22+/m1/s1. The maximum absolute atomic E-state index is 11.7. The quantitative estimate of drug-likeness (QED) is 0.647. The molecule has 0 amide bonds. The first kappa shape index (κ1) is 20.5. The van der Waals surface area contributed by atoms with Gasteiger partial charge in [0.25, 0.3) is 10.1 Å². The van der Waals surface area contributed by atoms with Crippen molar-refractivity contribution in [2.24, 2.45) is 0 Å². The van der Waals surface area contributed by atoms with Crippen LogP contribution in [0, 0.1) is 0 Å². The molecule has 0 radical (unpaired) electrons. The second-order valence-electron chi connectivity index (χ2n) is 7.92. The highest BCUT2D eigenvalue weighted by Gasteiger charge is 2.42. The molecule has 2 aromatic rings. The van der Waals surface area contributed by atoms with Crippen molar-refractivity contribution in [1.82, 2.24) is 9.96 Å². The number of hydroxylamine groups is 2. The summed E-state index contributed by atoms with van der Waals surface area (Å²) in [6.07, 6.45) is 2.41. The first-order valence-corrected chi connectivity index (χ1v) is 11.9. The fourth-order valence-electron chi connectivity index (χ4n) is 4.33. The van der Waals surface area contributed by atoms with Gasteiger partial charge < -0.3 is 0 Å². The van der Waals surface area contributed by atoms with E-state index in [1.165, 1.54) is 11.1 Å². The van der Waals surface area contributed by atoms with Crippen LogP contribution in [0.5, 0.6) is 0 Å². The maximum atomic E-state index is 11.7. The summed E-state index contributed by atoms with van der Waals surface area (Å²) in [7, 11) is -3.48. The van der Waals surface area contributed by atoms with Gasteiger partial charge >= 0.3 is 0 Å². The third-order valence-corrected chi connectivity index (χ3v) is 6.15. The fourth-order valence-corrected chi connectivity index (χ4v) is 4.96. The van der Waals surface area contributed by atoms with Crippen LogP contribution in [0.25, 0.3) is 0 Å². The first-order valence-electron chi connectivity index (χ1n) is 10.1. The van der Waals surface area contributed by atoms with Gasteiger partial charge in [0.2, 0.25) is 0 Å². The molecule has 0 bridgehead atoms. The van der Waals surface area contributed by atoms with Crippen LogP contribution in [-0.4, -0.2) is 56.0 Å². The number of likely N-dealkylation sites (tertiary alicyclic amines) is 1. The second-order valence-corrected chi connectivity index (χ2v) is 9.52. The summed E-state index contributed by atoms with van der Waals surface area (Å²) < 4.78 is 28.7.